The molecule has 0 fully saturated rings. The highest BCUT2D eigenvalue weighted by Gasteiger charge is 2.13. The zero-order chi connectivity index (χ0) is 13.7. The van der Waals surface area contributed by atoms with E-state index in [-0.39, 0.29) is 5.92 Å². The summed E-state index contributed by atoms with van der Waals surface area (Å²) in [7, 11) is 0. The average molecular weight is 272 g/mol. The van der Waals surface area contributed by atoms with Crippen molar-refractivity contribution in [3.05, 3.63) is 45.9 Å². The molecule has 0 atom stereocenters. The highest BCUT2D eigenvalue weighted by Crippen LogP contribution is 2.24. The molecular weight excluding hydrogens is 256 g/mol. The Morgan fingerprint density at radius 3 is 2.63 bits per heavy atom. The number of ether oxygens (including phenoxy) is 1. The molecule has 0 N–H and O–H groups in total. The van der Waals surface area contributed by atoms with Crippen LogP contribution in [0.3, 0.4) is 0 Å². The van der Waals surface area contributed by atoms with E-state index in [0.29, 0.717) is 6.61 Å². The third-order valence-corrected chi connectivity index (χ3v) is 3.71. The summed E-state index contributed by atoms with van der Waals surface area (Å²) < 4.78 is 5.64. The van der Waals surface area contributed by atoms with E-state index in [9.17, 15) is 0 Å². The van der Waals surface area contributed by atoms with Crippen molar-refractivity contribution in [1.29, 1.82) is 5.26 Å². The second-order valence-corrected chi connectivity index (χ2v) is 5.58. The summed E-state index contributed by atoms with van der Waals surface area (Å²) in [5.41, 5.74) is 0.905. The van der Waals surface area contributed by atoms with Crippen LogP contribution in [0.2, 0.25) is 0 Å². The number of hydrogen-bond donors (Lipinski definition) is 0. The Balaban J connectivity index is 1.95. The number of nitriles is 1. The van der Waals surface area contributed by atoms with Crippen LogP contribution in [0.15, 0.2) is 30.3 Å². The lowest BCUT2D eigenvalue weighted by molar-refractivity contribution is 0.321. The summed E-state index contributed by atoms with van der Waals surface area (Å²) >= 11 is 1.47. The van der Waals surface area contributed by atoms with E-state index in [1.54, 1.807) is 0 Å². The molecule has 98 valence electrons. The molecule has 3 nitrogen and oxygen atoms in total. The first-order chi connectivity index (χ1) is 9.20. The van der Waals surface area contributed by atoms with E-state index in [2.05, 4.69) is 24.9 Å². The van der Waals surface area contributed by atoms with Crippen molar-refractivity contribution in [2.45, 2.75) is 26.2 Å². The van der Waals surface area contributed by atoms with Crippen LogP contribution in [-0.4, -0.2) is 11.6 Å². The summed E-state index contributed by atoms with van der Waals surface area (Å²) in [6.07, 6.45) is 0.737. The van der Waals surface area contributed by atoms with Gasteiger partial charge in [0.1, 0.15) is 16.7 Å². The fourth-order valence-corrected chi connectivity index (χ4v) is 2.73. The van der Waals surface area contributed by atoms with Gasteiger partial charge in [0.25, 0.3) is 0 Å². The van der Waals surface area contributed by atoms with Gasteiger partial charge < -0.3 is 4.74 Å². The van der Waals surface area contributed by atoms with Crippen LogP contribution in [0.4, 0.5) is 0 Å². The molecule has 0 aliphatic rings. The number of rotatable bonds is 5. The zero-order valence-corrected chi connectivity index (χ0v) is 11.9. The van der Waals surface area contributed by atoms with Crippen LogP contribution >= 0.6 is 11.3 Å². The minimum absolute atomic E-state index is 0.287. The average Bonchev–Trinajstić information content (AvgIpc) is 2.83. The summed E-state index contributed by atoms with van der Waals surface area (Å²) in [6, 6.07) is 11.9. The molecule has 2 aromatic rings. The maximum absolute atomic E-state index is 9.07. The topological polar surface area (TPSA) is 45.9 Å². The van der Waals surface area contributed by atoms with Gasteiger partial charge in [-0.15, -0.1) is 11.3 Å². The van der Waals surface area contributed by atoms with E-state index < -0.39 is 0 Å². The largest absolute Gasteiger partial charge is 0.493 e. The van der Waals surface area contributed by atoms with Crippen LogP contribution in [-0.2, 0) is 6.42 Å². The Hall–Kier alpha value is -1.86. The smallest absolute Gasteiger partial charge is 0.128 e. The highest BCUT2D eigenvalue weighted by molar-refractivity contribution is 7.12. The van der Waals surface area contributed by atoms with Gasteiger partial charge >= 0.3 is 0 Å². The Kier molecular flexibility index (Phi) is 4.53. The van der Waals surface area contributed by atoms with Gasteiger partial charge in [0.15, 0.2) is 0 Å². The van der Waals surface area contributed by atoms with E-state index in [1.807, 2.05) is 30.3 Å². The number of aromatic nitrogens is 1. The highest BCUT2D eigenvalue weighted by atomic mass is 32.1. The van der Waals surface area contributed by atoms with Crippen molar-refractivity contribution in [3.8, 4) is 11.8 Å². The molecule has 0 unspecified atom stereocenters. The predicted octanol–water partition coefficient (Wildman–Crippen LogP) is 3.76. The Labute approximate surface area is 117 Å². The summed E-state index contributed by atoms with van der Waals surface area (Å²) in [4.78, 5) is 5.25. The van der Waals surface area contributed by atoms with Crippen molar-refractivity contribution >= 4 is 11.3 Å². The van der Waals surface area contributed by atoms with Gasteiger partial charge in [-0.3, -0.25) is 0 Å². The fourth-order valence-electron chi connectivity index (χ4n) is 1.73. The molecule has 19 heavy (non-hydrogen) atoms. The van der Waals surface area contributed by atoms with E-state index >= 15 is 0 Å². The second-order valence-electron chi connectivity index (χ2n) is 4.50. The summed E-state index contributed by atoms with van der Waals surface area (Å²) in [5.74, 6) is 1.15. The first kappa shape index (κ1) is 13.6. The fraction of sp³-hybridized carbons (Fsp3) is 0.333. The van der Waals surface area contributed by atoms with Gasteiger partial charge in [0, 0.05) is 6.42 Å². The van der Waals surface area contributed by atoms with Gasteiger partial charge in [0.05, 0.1) is 17.3 Å². The third-order valence-electron chi connectivity index (χ3n) is 2.67. The zero-order valence-electron chi connectivity index (χ0n) is 11.1. The van der Waals surface area contributed by atoms with Crippen molar-refractivity contribution < 1.29 is 4.74 Å². The van der Waals surface area contributed by atoms with Crippen LogP contribution in [0.5, 0.6) is 5.75 Å². The van der Waals surface area contributed by atoms with Gasteiger partial charge in [-0.05, 0) is 18.1 Å². The number of benzene rings is 1. The van der Waals surface area contributed by atoms with Crippen molar-refractivity contribution in [2.75, 3.05) is 6.61 Å². The monoisotopic (exact) mass is 272 g/mol. The van der Waals surface area contributed by atoms with Gasteiger partial charge in [-0.2, -0.15) is 5.26 Å². The SMILES string of the molecule is CC(C)c1nc(CCOc2ccccc2)sc1C#N. The van der Waals surface area contributed by atoms with Crippen molar-refractivity contribution in [1.82, 2.24) is 4.98 Å². The lowest BCUT2D eigenvalue weighted by atomic mass is 10.1. The molecule has 1 aromatic heterocycles. The van der Waals surface area contributed by atoms with Crippen molar-refractivity contribution in [3.63, 3.8) is 0 Å². The lowest BCUT2D eigenvalue weighted by Gasteiger charge is -2.03. The molecule has 1 aromatic carbocycles. The lowest BCUT2D eigenvalue weighted by Crippen LogP contribution is -2.01. The molecule has 4 heteroatoms. The number of nitrogens with zero attached hydrogens (tertiary/aromatic N) is 2. The number of hydrogen-bond acceptors (Lipinski definition) is 4. The Morgan fingerprint density at radius 1 is 1.32 bits per heavy atom. The quantitative estimate of drug-likeness (QED) is 0.832. The summed E-state index contributed by atoms with van der Waals surface area (Å²) in [6.45, 7) is 4.69. The molecule has 1 heterocycles. The summed E-state index contributed by atoms with van der Waals surface area (Å²) in [5, 5.41) is 10.0. The maximum atomic E-state index is 9.07. The van der Waals surface area contributed by atoms with Gasteiger partial charge in [0.2, 0.25) is 0 Å². The molecule has 0 amide bonds. The van der Waals surface area contributed by atoms with E-state index in [1.165, 1.54) is 11.3 Å². The van der Waals surface area contributed by atoms with Gasteiger partial charge in [-0.25, -0.2) is 4.98 Å². The third kappa shape index (κ3) is 3.55. The van der Waals surface area contributed by atoms with Gasteiger partial charge in [-0.1, -0.05) is 32.0 Å². The maximum Gasteiger partial charge on any atom is 0.128 e. The molecule has 0 saturated carbocycles. The second kappa shape index (κ2) is 6.35. The van der Waals surface area contributed by atoms with Crippen molar-refractivity contribution in [2.24, 2.45) is 0 Å². The molecule has 0 aliphatic heterocycles. The van der Waals surface area contributed by atoms with Crippen LogP contribution in [0.1, 0.15) is 35.3 Å². The first-order valence-electron chi connectivity index (χ1n) is 6.28. The minimum atomic E-state index is 0.287. The minimum Gasteiger partial charge on any atom is -0.493 e. The molecular formula is C15H16N2OS. The predicted molar refractivity (Wildman–Crippen MR) is 76.6 cm³/mol. The molecule has 0 aliphatic carbocycles. The molecule has 0 radical (unpaired) electrons. The van der Waals surface area contributed by atoms with Crippen LogP contribution < -0.4 is 4.74 Å². The molecule has 0 spiro atoms. The Bertz CT molecular complexity index is 570. The van der Waals surface area contributed by atoms with E-state index in [0.717, 1.165) is 27.7 Å². The number of para-hydroxylation sites is 1. The number of thiazole rings is 1. The Morgan fingerprint density at radius 2 is 2.05 bits per heavy atom. The normalized spacial score (nSPS) is 10.4. The molecule has 0 saturated heterocycles. The van der Waals surface area contributed by atoms with Crippen LogP contribution in [0.25, 0.3) is 0 Å². The molecule has 0 bridgehead atoms. The van der Waals surface area contributed by atoms with Crippen LogP contribution in [0, 0.1) is 11.3 Å². The van der Waals surface area contributed by atoms with E-state index in [4.69, 9.17) is 10.00 Å². The standard InChI is InChI=1S/C15H16N2OS/c1-11(2)15-13(10-16)19-14(17-15)8-9-18-12-6-4-3-5-7-12/h3-7,11H,8-9H2,1-2H3. The molecule has 2 rings (SSSR count). The first-order valence-corrected chi connectivity index (χ1v) is 7.10.